The van der Waals surface area contributed by atoms with Gasteiger partial charge in [-0.2, -0.15) is 0 Å². The van der Waals surface area contributed by atoms with E-state index in [9.17, 15) is 8.78 Å². The van der Waals surface area contributed by atoms with Crippen molar-refractivity contribution in [2.75, 3.05) is 0 Å². The maximum atomic E-state index is 12.6. The first-order valence-electron chi connectivity index (χ1n) is 3.78. The second kappa shape index (κ2) is 3.68. The van der Waals surface area contributed by atoms with Crippen LogP contribution in [0.3, 0.4) is 0 Å². The van der Waals surface area contributed by atoms with E-state index < -0.39 is 6.43 Å². The number of fused-ring (bicyclic) bond motifs is 1. The molecule has 0 spiro atoms. The van der Waals surface area contributed by atoms with Crippen LogP contribution in [0.25, 0.3) is 10.1 Å². The molecule has 1 aromatic carbocycles. The van der Waals surface area contributed by atoms with Crippen LogP contribution in [0.4, 0.5) is 8.78 Å². The summed E-state index contributed by atoms with van der Waals surface area (Å²) in [7, 11) is 0. The van der Waals surface area contributed by atoms with Gasteiger partial charge in [0, 0.05) is 15.8 Å². The van der Waals surface area contributed by atoms with Crippen LogP contribution in [-0.2, 0) is 0 Å². The first-order valence-corrected chi connectivity index (χ1v) is 5.48. The number of alkyl halides is 2. The highest BCUT2D eigenvalue weighted by Gasteiger charge is 2.16. The Balaban J connectivity index is 2.84. The van der Waals surface area contributed by atoms with Gasteiger partial charge < -0.3 is 0 Å². The van der Waals surface area contributed by atoms with Crippen LogP contribution in [0.1, 0.15) is 12.0 Å². The fourth-order valence-corrected chi connectivity index (χ4v) is 2.77. The molecule has 0 amide bonds. The molecule has 2 aromatic rings. The van der Waals surface area contributed by atoms with Crippen molar-refractivity contribution in [3.8, 4) is 0 Å². The predicted molar refractivity (Wildman–Crippen MR) is 59.0 cm³/mol. The summed E-state index contributed by atoms with van der Waals surface area (Å²) in [5.74, 6) is 0. The average molecular weight is 251 g/mol. The molecule has 5 heteroatoms. The molecule has 1 heterocycles. The van der Waals surface area contributed by atoms with Crippen molar-refractivity contribution in [2.45, 2.75) is 11.3 Å². The number of rotatable bonds is 1. The fourth-order valence-electron chi connectivity index (χ4n) is 1.29. The summed E-state index contributed by atoms with van der Waals surface area (Å²) < 4.78 is 25.9. The lowest BCUT2D eigenvalue weighted by molar-refractivity contribution is 0.153. The zero-order valence-electron chi connectivity index (χ0n) is 6.80. The number of halogens is 3. The number of hydrogen-bond donors (Lipinski definition) is 1. The Morgan fingerprint density at radius 3 is 2.79 bits per heavy atom. The van der Waals surface area contributed by atoms with Crippen molar-refractivity contribution < 1.29 is 8.78 Å². The smallest absolute Gasteiger partial charge is 0.205 e. The first-order chi connectivity index (χ1) is 6.61. The SMILES string of the molecule is FC(F)c1cc(S)c(Cl)c2sccc12. The minimum Gasteiger partial charge on any atom is -0.205 e. The maximum Gasteiger partial charge on any atom is 0.264 e. The predicted octanol–water partition coefficient (Wildman–Crippen LogP) is 4.78. The second-order valence-electron chi connectivity index (χ2n) is 2.76. The molecule has 0 saturated heterocycles. The first kappa shape index (κ1) is 10.2. The van der Waals surface area contributed by atoms with E-state index in [1.54, 1.807) is 11.4 Å². The summed E-state index contributed by atoms with van der Waals surface area (Å²) in [5.41, 5.74) is -0.00403. The molecule has 1 aromatic heterocycles. The maximum absolute atomic E-state index is 12.6. The molecule has 0 aliphatic rings. The van der Waals surface area contributed by atoms with Gasteiger partial charge in [0.1, 0.15) is 0 Å². The van der Waals surface area contributed by atoms with Crippen LogP contribution in [-0.4, -0.2) is 0 Å². The van der Waals surface area contributed by atoms with Gasteiger partial charge in [-0.3, -0.25) is 0 Å². The van der Waals surface area contributed by atoms with Gasteiger partial charge in [0.15, 0.2) is 0 Å². The molecule has 0 saturated carbocycles. The van der Waals surface area contributed by atoms with E-state index in [0.29, 0.717) is 20.0 Å². The van der Waals surface area contributed by atoms with E-state index in [4.69, 9.17) is 11.6 Å². The number of hydrogen-bond acceptors (Lipinski definition) is 2. The lowest BCUT2D eigenvalue weighted by atomic mass is 10.1. The van der Waals surface area contributed by atoms with E-state index in [1.807, 2.05) is 0 Å². The Morgan fingerprint density at radius 2 is 2.14 bits per heavy atom. The molecule has 0 atom stereocenters. The monoisotopic (exact) mass is 250 g/mol. The average Bonchev–Trinajstić information content (AvgIpc) is 2.59. The third-order valence-electron chi connectivity index (χ3n) is 1.93. The van der Waals surface area contributed by atoms with Crippen LogP contribution < -0.4 is 0 Å². The zero-order chi connectivity index (χ0) is 10.3. The zero-order valence-corrected chi connectivity index (χ0v) is 9.27. The highest BCUT2D eigenvalue weighted by atomic mass is 35.5. The van der Waals surface area contributed by atoms with Crippen molar-refractivity contribution in [1.82, 2.24) is 0 Å². The number of thiophene rings is 1. The molecule has 0 bridgehead atoms. The summed E-state index contributed by atoms with van der Waals surface area (Å²) in [5, 5.41) is 2.71. The highest BCUT2D eigenvalue weighted by molar-refractivity contribution is 7.80. The standard InChI is InChI=1S/C9H5ClF2S2/c10-7-6(13)3-5(9(11)12)4-1-2-14-8(4)7/h1-3,9,13H. The molecule has 0 N–H and O–H groups in total. The lowest BCUT2D eigenvalue weighted by Crippen LogP contribution is -1.86. The van der Waals surface area contributed by atoms with E-state index in [0.717, 1.165) is 0 Å². The quantitative estimate of drug-likeness (QED) is 0.692. The van der Waals surface area contributed by atoms with Gasteiger partial charge in [-0.1, -0.05) is 11.6 Å². The van der Waals surface area contributed by atoms with E-state index in [1.165, 1.54) is 17.4 Å². The summed E-state index contributed by atoms with van der Waals surface area (Å²) in [6.45, 7) is 0. The molecule has 0 unspecified atom stereocenters. The van der Waals surface area contributed by atoms with Crippen molar-refractivity contribution in [3.05, 3.63) is 28.1 Å². The Labute approximate surface area is 93.9 Å². The van der Waals surface area contributed by atoms with Gasteiger partial charge in [-0.25, -0.2) is 8.78 Å². The van der Waals surface area contributed by atoms with E-state index >= 15 is 0 Å². The fraction of sp³-hybridized carbons (Fsp3) is 0.111. The van der Waals surface area contributed by atoms with Crippen molar-refractivity contribution in [1.29, 1.82) is 0 Å². The topological polar surface area (TPSA) is 0 Å². The Morgan fingerprint density at radius 1 is 1.43 bits per heavy atom. The summed E-state index contributed by atoms with van der Waals surface area (Å²) in [6.07, 6.45) is -2.49. The van der Waals surface area contributed by atoms with Gasteiger partial charge in [0.2, 0.25) is 0 Å². The van der Waals surface area contributed by atoms with Gasteiger partial charge in [-0.15, -0.1) is 24.0 Å². The Bertz CT molecular complexity index is 479. The molecular formula is C9H5ClF2S2. The van der Waals surface area contributed by atoms with Crippen LogP contribution in [0.2, 0.25) is 5.02 Å². The van der Waals surface area contributed by atoms with Gasteiger partial charge >= 0.3 is 0 Å². The minimum atomic E-state index is -2.49. The number of benzene rings is 1. The second-order valence-corrected chi connectivity index (χ2v) is 4.54. The van der Waals surface area contributed by atoms with Crippen molar-refractivity contribution >= 4 is 45.7 Å². The van der Waals surface area contributed by atoms with E-state index in [2.05, 4.69) is 12.6 Å². The van der Waals surface area contributed by atoms with Gasteiger partial charge in [-0.05, 0) is 17.5 Å². The summed E-state index contributed by atoms with van der Waals surface area (Å²) in [4.78, 5) is 0.400. The van der Waals surface area contributed by atoms with Crippen LogP contribution in [0.5, 0.6) is 0 Å². The third kappa shape index (κ3) is 1.51. The lowest BCUT2D eigenvalue weighted by Gasteiger charge is -2.05. The molecule has 0 aliphatic heterocycles. The third-order valence-corrected chi connectivity index (χ3v) is 3.85. The number of thiol groups is 1. The summed E-state index contributed by atoms with van der Waals surface area (Å²) >= 11 is 11.3. The minimum absolute atomic E-state index is 0.00403. The van der Waals surface area contributed by atoms with Crippen LogP contribution in [0.15, 0.2) is 22.4 Å². The molecule has 0 aliphatic carbocycles. The van der Waals surface area contributed by atoms with Crippen molar-refractivity contribution in [3.63, 3.8) is 0 Å². The molecular weight excluding hydrogens is 246 g/mol. The molecule has 0 radical (unpaired) electrons. The Hall–Kier alpha value is -0.320. The molecule has 0 fully saturated rings. The summed E-state index contributed by atoms with van der Waals surface area (Å²) in [6, 6.07) is 2.98. The van der Waals surface area contributed by atoms with Crippen molar-refractivity contribution in [2.24, 2.45) is 0 Å². The van der Waals surface area contributed by atoms with Gasteiger partial charge in [0.05, 0.1) is 9.72 Å². The highest BCUT2D eigenvalue weighted by Crippen LogP contribution is 2.39. The molecule has 74 valence electrons. The van der Waals surface area contributed by atoms with Gasteiger partial charge in [0.25, 0.3) is 6.43 Å². The van der Waals surface area contributed by atoms with Crippen LogP contribution in [0, 0.1) is 0 Å². The van der Waals surface area contributed by atoms with Crippen LogP contribution >= 0.6 is 35.6 Å². The molecule has 0 nitrogen and oxygen atoms in total. The Kier molecular flexibility index (Phi) is 2.68. The molecule has 2 rings (SSSR count). The van der Waals surface area contributed by atoms with E-state index in [-0.39, 0.29) is 5.56 Å². The molecule has 14 heavy (non-hydrogen) atoms. The largest absolute Gasteiger partial charge is 0.264 e. The normalized spacial score (nSPS) is 11.5.